The molecule has 0 atom stereocenters. The van der Waals surface area contributed by atoms with Gasteiger partial charge in [0.1, 0.15) is 31.7 Å². The third-order valence-corrected chi connectivity index (χ3v) is 7.11. The Morgan fingerprint density at radius 1 is 0.735 bits per heavy atom. The van der Waals surface area contributed by atoms with E-state index in [2.05, 4.69) is 6.92 Å². The van der Waals surface area contributed by atoms with Crippen LogP contribution in [0.25, 0.3) is 0 Å². The molecule has 0 aliphatic rings. The number of hydrogen-bond acceptors (Lipinski definition) is 7. The standard InChI is InChI=1S/C24H34O7S2.Ca/c1-2-3-4-5-6-7-8-9-10-11-13-20-16-17-23(24(18-20)33(28,29)30)31-21-14-12-15-22(19-21)32(25,26)27;/h12,14-19H,2-11,13H2,1H3,(H,25,26,27)(H,28,29,30);/q;+2/p-2. The van der Waals surface area contributed by atoms with Crippen molar-refractivity contribution in [2.45, 2.75) is 87.3 Å². The van der Waals surface area contributed by atoms with Crippen LogP contribution in [-0.4, -0.2) is 63.7 Å². The minimum Gasteiger partial charge on any atom is -0.744 e. The fraction of sp³-hybridized carbons (Fsp3) is 0.500. The maximum atomic E-state index is 11.8. The fourth-order valence-electron chi connectivity index (χ4n) is 3.62. The van der Waals surface area contributed by atoms with E-state index >= 15 is 0 Å². The normalized spacial score (nSPS) is 11.7. The van der Waals surface area contributed by atoms with E-state index in [4.69, 9.17) is 4.74 Å². The van der Waals surface area contributed by atoms with Crippen molar-refractivity contribution in [3.63, 3.8) is 0 Å². The summed E-state index contributed by atoms with van der Waals surface area (Å²) in [5, 5.41) is 0. The second-order valence-electron chi connectivity index (χ2n) is 8.20. The van der Waals surface area contributed by atoms with Gasteiger partial charge in [-0.3, -0.25) is 0 Å². The van der Waals surface area contributed by atoms with E-state index in [-0.39, 0.29) is 49.2 Å². The van der Waals surface area contributed by atoms with Crippen molar-refractivity contribution in [3.8, 4) is 11.5 Å². The summed E-state index contributed by atoms with van der Waals surface area (Å²) in [6.45, 7) is 2.21. The van der Waals surface area contributed by atoms with Gasteiger partial charge in [0, 0.05) is 0 Å². The van der Waals surface area contributed by atoms with Gasteiger partial charge in [-0.2, -0.15) is 0 Å². The van der Waals surface area contributed by atoms with Gasteiger partial charge in [-0.1, -0.05) is 76.8 Å². The molecule has 0 saturated carbocycles. The largest absolute Gasteiger partial charge is 2.00 e. The Morgan fingerprint density at radius 3 is 1.88 bits per heavy atom. The van der Waals surface area contributed by atoms with E-state index < -0.39 is 30.0 Å². The van der Waals surface area contributed by atoms with Crippen molar-refractivity contribution in [1.29, 1.82) is 0 Å². The first-order valence-corrected chi connectivity index (χ1v) is 14.3. The summed E-state index contributed by atoms with van der Waals surface area (Å²) in [6, 6.07) is 9.14. The maximum Gasteiger partial charge on any atom is 2.00 e. The Bertz CT molecular complexity index is 1100. The summed E-state index contributed by atoms with van der Waals surface area (Å²) in [6.07, 6.45) is 12.6. The molecule has 0 N–H and O–H groups in total. The third kappa shape index (κ3) is 11.4. The van der Waals surface area contributed by atoms with Gasteiger partial charge in [0.2, 0.25) is 0 Å². The molecular formula is C24H32CaO7S2. The predicted molar refractivity (Wildman–Crippen MR) is 130 cm³/mol. The van der Waals surface area contributed by atoms with Crippen LogP contribution >= 0.6 is 0 Å². The van der Waals surface area contributed by atoms with Gasteiger partial charge in [0.15, 0.2) is 0 Å². The molecule has 0 bridgehead atoms. The molecule has 7 nitrogen and oxygen atoms in total. The quantitative estimate of drug-likeness (QED) is 0.170. The second-order valence-corrected chi connectivity index (χ2v) is 10.9. The number of unbranched alkanes of at least 4 members (excludes halogenated alkanes) is 9. The number of rotatable bonds is 15. The molecule has 34 heavy (non-hydrogen) atoms. The fourth-order valence-corrected chi connectivity index (χ4v) is 4.78. The Labute approximate surface area is 233 Å². The van der Waals surface area contributed by atoms with Crippen LogP contribution < -0.4 is 4.74 Å². The molecule has 0 saturated heterocycles. The molecule has 184 valence electrons. The Morgan fingerprint density at radius 2 is 1.32 bits per heavy atom. The molecule has 0 amide bonds. The van der Waals surface area contributed by atoms with Gasteiger partial charge in [-0.15, -0.1) is 0 Å². The van der Waals surface area contributed by atoms with Crippen molar-refractivity contribution in [2.24, 2.45) is 0 Å². The maximum absolute atomic E-state index is 11.8. The van der Waals surface area contributed by atoms with Crippen molar-refractivity contribution in [1.82, 2.24) is 0 Å². The van der Waals surface area contributed by atoms with Gasteiger partial charge < -0.3 is 13.8 Å². The summed E-state index contributed by atoms with van der Waals surface area (Å²) < 4.78 is 74.4. The molecule has 10 heteroatoms. The van der Waals surface area contributed by atoms with Crippen LogP contribution in [-0.2, 0) is 26.7 Å². The molecule has 0 radical (unpaired) electrons. The number of hydrogen-bond donors (Lipinski definition) is 0. The number of benzene rings is 2. The Balaban J connectivity index is 0.00000578. The summed E-state index contributed by atoms with van der Waals surface area (Å²) in [5.41, 5.74) is 0.715. The van der Waals surface area contributed by atoms with Crippen LogP contribution in [0.3, 0.4) is 0 Å². The molecule has 0 unspecified atom stereocenters. The number of aryl methyl sites for hydroxylation is 1. The molecule has 0 aliphatic carbocycles. The van der Waals surface area contributed by atoms with Crippen molar-refractivity contribution >= 4 is 58.0 Å². The third-order valence-electron chi connectivity index (χ3n) is 5.42. The van der Waals surface area contributed by atoms with E-state index in [1.165, 1.54) is 69.2 Å². The van der Waals surface area contributed by atoms with E-state index in [9.17, 15) is 25.9 Å². The average molecular weight is 537 g/mol. The minimum absolute atomic E-state index is 0. The van der Waals surface area contributed by atoms with Gasteiger partial charge in [-0.05, 0) is 48.7 Å². The van der Waals surface area contributed by atoms with Crippen LogP contribution in [0, 0.1) is 0 Å². The first-order chi connectivity index (χ1) is 15.6. The minimum atomic E-state index is -4.82. The molecule has 0 heterocycles. The number of ether oxygens (including phenoxy) is 1. The summed E-state index contributed by atoms with van der Waals surface area (Å²) in [5.74, 6) is -0.267. The SMILES string of the molecule is CCCCCCCCCCCCc1ccc(Oc2cccc(S(=O)(=O)[O-])c2)c(S(=O)(=O)[O-])c1.[Ca+2]. The van der Waals surface area contributed by atoms with Crippen molar-refractivity contribution in [3.05, 3.63) is 48.0 Å². The zero-order valence-corrected chi connectivity index (χ0v) is 23.5. The van der Waals surface area contributed by atoms with Gasteiger partial charge in [-0.25, -0.2) is 16.8 Å². The first-order valence-electron chi connectivity index (χ1n) is 11.4. The van der Waals surface area contributed by atoms with Gasteiger partial charge >= 0.3 is 37.7 Å². The predicted octanol–water partition coefficient (Wildman–Crippen LogP) is 5.37. The first kappa shape index (κ1) is 31.3. The monoisotopic (exact) mass is 536 g/mol. The summed E-state index contributed by atoms with van der Waals surface area (Å²) in [4.78, 5) is -1.02. The van der Waals surface area contributed by atoms with Crippen LogP contribution in [0.15, 0.2) is 52.3 Å². The Hall–Kier alpha value is -0.680. The van der Waals surface area contributed by atoms with Crippen LogP contribution in [0.2, 0.25) is 0 Å². The van der Waals surface area contributed by atoms with E-state index in [1.54, 1.807) is 6.07 Å². The van der Waals surface area contributed by atoms with Crippen LogP contribution in [0.5, 0.6) is 11.5 Å². The Kier molecular flexibility index (Phi) is 14.2. The second kappa shape index (κ2) is 15.4. The summed E-state index contributed by atoms with van der Waals surface area (Å²) >= 11 is 0. The molecule has 0 aliphatic heterocycles. The van der Waals surface area contributed by atoms with Crippen LogP contribution in [0.1, 0.15) is 76.7 Å². The summed E-state index contributed by atoms with van der Waals surface area (Å²) in [7, 11) is -9.52. The van der Waals surface area contributed by atoms with Gasteiger partial charge in [0.25, 0.3) is 0 Å². The van der Waals surface area contributed by atoms with Crippen molar-refractivity contribution < 1.29 is 30.7 Å². The molecule has 0 spiro atoms. The van der Waals surface area contributed by atoms with E-state index in [0.29, 0.717) is 12.0 Å². The van der Waals surface area contributed by atoms with E-state index in [0.717, 1.165) is 31.4 Å². The molecule has 0 fully saturated rings. The topological polar surface area (TPSA) is 124 Å². The molecule has 2 aromatic carbocycles. The van der Waals surface area contributed by atoms with Crippen LogP contribution in [0.4, 0.5) is 0 Å². The zero-order chi connectivity index (χ0) is 24.3. The average Bonchev–Trinajstić information content (AvgIpc) is 2.75. The molecule has 0 aromatic heterocycles. The van der Waals surface area contributed by atoms with E-state index in [1.807, 2.05) is 0 Å². The zero-order valence-electron chi connectivity index (χ0n) is 19.7. The van der Waals surface area contributed by atoms with Gasteiger partial charge in [0.05, 0.1) is 9.79 Å². The smallest absolute Gasteiger partial charge is 0.744 e. The molecule has 2 rings (SSSR count). The molecule has 2 aromatic rings. The van der Waals surface area contributed by atoms with Crippen molar-refractivity contribution in [2.75, 3.05) is 0 Å². The molecular weight excluding hydrogens is 504 g/mol.